The molecule has 0 radical (unpaired) electrons. The van der Waals surface area contributed by atoms with Crippen molar-refractivity contribution in [1.82, 2.24) is 35.0 Å². The second-order valence-corrected chi connectivity index (χ2v) is 15.1. The lowest BCUT2D eigenvalue weighted by Gasteiger charge is -2.49. The van der Waals surface area contributed by atoms with Gasteiger partial charge in [-0.15, -0.1) is 5.10 Å². The van der Waals surface area contributed by atoms with Crippen LogP contribution in [-0.2, 0) is 9.53 Å². The second kappa shape index (κ2) is 13.6. The Bertz CT molecular complexity index is 1290. The van der Waals surface area contributed by atoms with Gasteiger partial charge in [0.05, 0.1) is 23.8 Å². The van der Waals surface area contributed by atoms with E-state index in [2.05, 4.69) is 68.4 Å². The van der Waals surface area contributed by atoms with Crippen molar-refractivity contribution in [2.24, 2.45) is 11.8 Å². The van der Waals surface area contributed by atoms with Gasteiger partial charge in [-0.05, 0) is 96.0 Å². The number of hydrogen-bond donors (Lipinski definition) is 1. The molecule has 46 heavy (non-hydrogen) atoms. The van der Waals surface area contributed by atoms with Crippen LogP contribution in [0.15, 0.2) is 42.7 Å². The van der Waals surface area contributed by atoms with Crippen molar-refractivity contribution in [2.75, 3.05) is 32.8 Å². The number of urea groups is 1. The van der Waals surface area contributed by atoms with Crippen molar-refractivity contribution >= 4 is 11.9 Å². The summed E-state index contributed by atoms with van der Waals surface area (Å²) in [6.07, 6.45) is 14.8. The average molecular weight is 632 g/mol. The van der Waals surface area contributed by atoms with Crippen LogP contribution < -0.4 is 5.32 Å². The van der Waals surface area contributed by atoms with Gasteiger partial charge in [-0.3, -0.25) is 9.69 Å². The van der Waals surface area contributed by atoms with Crippen LogP contribution in [-0.4, -0.2) is 98.1 Å². The number of nitrogens with one attached hydrogen (secondary N) is 1. The van der Waals surface area contributed by atoms with Gasteiger partial charge in [-0.1, -0.05) is 35.5 Å². The average Bonchev–Trinajstić information content (AvgIpc) is 3.76. The summed E-state index contributed by atoms with van der Waals surface area (Å²) in [4.78, 5) is 34.7. The van der Waals surface area contributed by atoms with Crippen LogP contribution in [0.4, 0.5) is 4.79 Å². The van der Waals surface area contributed by atoms with E-state index in [1.54, 1.807) is 6.20 Å². The van der Waals surface area contributed by atoms with E-state index in [0.717, 1.165) is 90.6 Å². The fraction of sp³-hybridized carbons (Fsp3) is 0.722. The molecule has 2 bridgehead atoms. The van der Waals surface area contributed by atoms with Gasteiger partial charge in [-0.25, -0.2) is 9.48 Å². The van der Waals surface area contributed by atoms with E-state index < -0.39 is 0 Å². The third-order valence-electron chi connectivity index (χ3n) is 11.9. The number of nitrogens with zero attached hydrogens (tertiary/aromatic N) is 6. The highest BCUT2D eigenvalue weighted by Gasteiger charge is 2.57. The van der Waals surface area contributed by atoms with Gasteiger partial charge in [0.25, 0.3) is 0 Å². The zero-order valence-electron chi connectivity index (χ0n) is 27.8. The van der Waals surface area contributed by atoms with E-state index >= 15 is 0 Å². The van der Waals surface area contributed by atoms with Crippen LogP contribution in [0.1, 0.15) is 102 Å². The van der Waals surface area contributed by atoms with Crippen LogP contribution in [0, 0.1) is 11.8 Å². The zero-order valence-corrected chi connectivity index (χ0v) is 27.8. The van der Waals surface area contributed by atoms with E-state index in [-0.39, 0.29) is 35.5 Å². The molecule has 1 saturated carbocycles. The van der Waals surface area contributed by atoms with Crippen molar-refractivity contribution in [3.63, 3.8) is 0 Å². The van der Waals surface area contributed by atoms with Gasteiger partial charge in [0, 0.05) is 63.1 Å². The van der Waals surface area contributed by atoms with Crippen LogP contribution in [0.2, 0.25) is 0 Å². The number of benzene rings is 1. The summed E-state index contributed by atoms with van der Waals surface area (Å²) >= 11 is 0. The molecule has 250 valence electrons. The largest absolute Gasteiger partial charge is 0.381 e. The molecule has 5 heterocycles. The van der Waals surface area contributed by atoms with E-state index in [1.807, 2.05) is 16.9 Å². The van der Waals surface area contributed by atoms with Crippen molar-refractivity contribution in [2.45, 2.75) is 120 Å². The number of carbonyl (C=O) groups excluding carboxylic acids is 2. The minimum atomic E-state index is -0.0725. The molecule has 1 aromatic heterocycles. The molecule has 1 aliphatic carbocycles. The first kappa shape index (κ1) is 31.6. The zero-order chi connectivity index (χ0) is 31.7. The molecule has 10 heteroatoms. The summed E-state index contributed by atoms with van der Waals surface area (Å²) in [5.41, 5.74) is 1.11. The number of amides is 3. The maximum absolute atomic E-state index is 13.9. The number of carbonyl (C=O) groups is 2. The molecular weight excluding hydrogens is 578 g/mol. The Balaban J connectivity index is 0.994. The van der Waals surface area contributed by atoms with E-state index in [4.69, 9.17) is 4.74 Å². The number of hydrogen-bond acceptors (Lipinski definition) is 6. The molecule has 10 nitrogen and oxygen atoms in total. The number of piperidine rings is 1. The van der Waals surface area contributed by atoms with E-state index in [9.17, 15) is 9.59 Å². The Morgan fingerprint density at radius 1 is 0.978 bits per heavy atom. The highest BCUT2D eigenvalue weighted by molar-refractivity contribution is 5.79. The molecule has 3 amide bonds. The Morgan fingerprint density at radius 2 is 1.67 bits per heavy atom. The predicted octanol–water partition coefficient (Wildman–Crippen LogP) is 5.20. The SMILES string of the molecule is CC(C)N1C(=O)N(CC2CCOCC2)CC12CC1CCC(C2)N1CC[C@H](NC(=O)C1CCC(n2ccnn2)CC1)c1ccccc1. The molecule has 3 atom stereocenters. The molecule has 5 fully saturated rings. The molecular formula is C36H53N7O3. The third-order valence-corrected chi connectivity index (χ3v) is 11.9. The quantitative estimate of drug-likeness (QED) is 0.388. The Morgan fingerprint density at radius 3 is 2.33 bits per heavy atom. The Hall–Kier alpha value is -2.98. The van der Waals surface area contributed by atoms with Crippen molar-refractivity contribution in [3.05, 3.63) is 48.3 Å². The number of ether oxygens (including phenoxy) is 1. The highest BCUT2D eigenvalue weighted by Crippen LogP contribution is 2.48. The van der Waals surface area contributed by atoms with Gasteiger partial charge in [0.2, 0.25) is 5.91 Å². The molecule has 4 aliphatic heterocycles. The lowest BCUT2D eigenvalue weighted by atomic mass is 9.81. The van der Waals surface area contributed by atoms with Gasteiger partial charge in [0.15, 0.2) is 0 Å². The summed E-state index contributed by atoms with van der Waals surface area (Å²) in [6.45, 7) is 8.73. The van der Waals surface area contributed by atoms with Crippen molar-refractivity contribution in [3.8, 4) is 0 Å². The summed E-state index contributed by atoms with van der Waals surface area (Å²) in [6, 6.07) is 12.3. The number of aromatic nitrogens is 3. The molecule has 1 N–H and O–H groups in total. The highest BCUT2D eigenvalue weighted by atomic mass is 16.5. The smallest absolute Gasteiger partial charge is 0.320 e. The predicted molar refractivity (Wildman–Crippen MR) is 176 cm³/mol. The third kappa shape index (κ3) is 6.44. The topological polar surface area (TPSA) is 95.8 Å². The number of fused-ring (bicyclic) bond motifs is 2. The van der Waals surface area contributed by atoms with E-state index in [0.29, 0.717) is 24.0 Å². The maximum Gasteiger partial charge on any atom is 0.320 e. The molecule has 1 spiro atoms. The van der Waals surface area contributed by atoms with Crippen LogP contribution in [0.5, 0.6) is 0 Å². The summed E-state index contributed by atoms with van der Waals surface area (Å²) in [7, 11) is 0. The first-order valence-electron chi connectivity index (χ1n) is 18.0. The van der Waals surface area contributed by atoms with Crippen molar-refractivity contribution in [1.29, 1.82) is 0 Å². The lowest BCUT2D eigenvalue weighted by molar-refractivity contribution is -0.127. The van der Waals surface area contributed by atoms with Crippen LogP contribution in [0.25, 0.3) is 0 Å². The first-order chi connectivity index (χ1) is 22.4. The Labute approximate surface area is 274 Å². The maximum atomic E-state index is 13.9. The second-order valence-electron chi connectivity index (χ2n) is 15.1. The van der Waals surface area contributed by atoms with E-state index in [1.165, 1.54) is 18.4 Å². The molecule has 4 saturated heterocycles. The Kier molecular flexibility index (Phi) is 9.37. The van der Waals surface area contributed by atoms with Crippen LogP contribution in [0.3, 0.4) is 0 Å². The normalized spacial score (nSPS) is 31.2. The molecule has 2 aromatic rings. The van der Waals surface area contributed by atoms with Gasteiger partial charge < -0.3 is 19.9 Å². The molecule has 5 aliphatic rings. The lowest BCUT2D eigenvalue weighted by Crippen LogP contribution is -2.60. The van der Waals surface area contributed by atoms with Crippen molar-refractivity contribution < 1.29 is 14.3 Å². The van der Waals surface area contributed by atoms with Gasteiger partial charge in [0.1, 0.15) is 0 Å². The fourth-order valence-electron chi connectivity index (χ4n) is 9.70. The summed E-state index contributed by atoms with van der Waals surface area (Å²) in [5.74, 6) is 0.781. The molecule has 2 unspecified atom stereocenters. The minimum Gasteiger partial charge on any atom is -0.381 e. The summed E-state index contributed by atoms with van der Waals surface area (Å²) in [5, 5.41) is 11.6. The minimum absolute atomic E-state index is 0.00721. The first-order valence-corrected chi connectivity index (χ1v) is 18.0. The monoisotopic (exact) mass is 631 g/mol. The fourth-order valence-corrected chi connectivity index (χ4v) is 9.70. The molecule has 7 rings (SSSR count). The summed E-state index contributed by atoms with van der Waals surface area (Å²) < 4.78 is 7.55. The van der Waals surface area contributed by atoms with Crippen LogP contribution >= 0.6 is 0 Å². The standard InChI is InChI=1S/C36H53N7O3/c1-26(2)43-35(45)40(24-27-15-20-46-21-16-27)25-36(43)22-31-12-13-32(23-36)41(31)18-14-33(28-6-4-3-5-7-28)38-34(44)29-8-10-30(11-9-29)42-19-17-37-39-42/h3-7,17,19,26-27,29-33H,8-16,18,20-25H2,1-2H3,(H,38,44)/t29?,30?,31?,32?,33-,36?/m0/s1. The van der Waals surface area contributed by atoms with Gasteiger partial charge >= 0.3 is 6.03 Å². The number of rotatable bonds is 10. The van der Waals surface area contributed by atoms with Gasteiger partial charge in [-0.2, -0.15) is 0 Å². The molecule has 1 aromatic carbocycles.